The number of halogens is 1. The molecule has 3 rings (SSSR count). The van der Waals surface area contributed by atoms with Crippen LogP contribution >= 0.6 is 11.6 Å². The number of rotatable bonds is 3. The Bertz CT molecular complexity index is 1160. The van der Waals surface area contributed by atoms with Crippen LogP contribution in [-0.4, -0.2) is 33.2 Å². The van der Waals surface area contributed by atoms with E-state index >= 15 is 0 Å². The lowest BCUT2D eigenvalue weighted by molar-refractivity contribution is 0.508. The molecule has 2 heterocycles. The molecule has 10 heteroatoms. The minimum atomic E-state index is -3.91. The first-order valence-corrected chi connectivity index (χ1v) is 11.3. The molecule has 1 aromatic heterocycles. The molecular formula is C16H15ClN2O5S2. The zero-order valence-electron chi connectivity index (χ0n) is 13.8. The molecular weight excluding hydrogens is 400 g/mol. The van der Waals surface area contributed by atoms with Crippen LogP contribution < -0.4 is 4.72 Å². The van der Waals surface area contributed by atoms with Gasteiger partial charge in [-0.15, -0.1) is 0 Å². The van der Waals surface area contributed by atoms with Gasteiger partial charge < -0.3 is 5.11 Å². The molecule has 0 unspecified atom stereocenters. The molecule has 138 valence electrons. The van der Waals surface area contributed by atoms with Gasteiger partial charge in [-0.05, 0) is 24.1 Å². The summed E-state index contributed by atoms with van der Waals surface area (Å²) in [6.45, 7) is 1.63. The van der Waals surface area contributed by atoms with E-state index in [1.54, 1.807) is 19.1 Å². The fraction of sp³-hybridized carbons (Fsp3) is 0.188. The van der Waals surface area contributed by atoms with E-state index < -0.39 is 25.6 Å². The van der Waals surface area contributed by atoms with Crippen LogP contribution in [0.1, 0.15) is 22.4 Å². The van der Waals surface area contributed by atoms with Crippen LogP contribution in [0.3, 0.4) is 0 Å². The minimum absolute atomic E-state index is 0.0113. The summed E-state index contributed by atoms with van der Waals surface area (Å²) in [5.74, 6) is -0.850. The van der Waals surface area contributed by atoms with Gasteiger partial charge in [-0.1, -0.05) is 29.8 Å². The Kier molecular flexibility index (Phi) is 4.50. The molecule has 26 heavy (non-hydrogen) atoms. The third-order valence-corrected chi connectivity index (χ3v) is 6.56. The van der Waals surface area contributed by atoms with Crippen LogP contribution in [0.2, 0.25) is 5.02 Å². The van der Waals surface area contributed by atoms with Crippen molar-refractivity contribution in [3.05, 3.63) is 57.9 Å². The molecule has 1 aromatic carbocycles. The first-order chi connectivity index (χ1) is 12.0. The number of benzene rings is 1. The Morgan fingerprint density at radius 3 is 2.62 bits per heavy atom. The molecule has 0 saturated heterocycles. The molecule has 0 saturated carbocycles. The molecule has 7 nitrogen and oxygen atoms in total. The summed E-state index contributed by atoms with van der Waals surface area (Å²) in [5.41, 5.74) is 1.13. The number of fused-ring (bicyclic) bond motifs is 1. The number of aliphatic hydroxyl groups is 1. The third-order valence-electron chi connectivity index (χ3n) is 3.87. The molecule has 2 N–H and O–H groups in total. The fourth-order valence-corrected chi connectivity index (χ4v) is 5.54. The molecule has 0 spiro atoms. The van der Waals surface area contributed by atoms with E-state index in [2.05, 4.69) is 9.71 Å². The van der Waals surface area contributed by atoms with Crippen LogP contribution in [0.4, 0.5) is 5.69 Å². The minimum Gasteiger partial charge on any atom is -0.504 e. The van der Waals surface area contributed by atoms with Gasteiger partial charge >= 0.3 is 0 Å². The second-order valence-corrected chi connectivity index (χ2v) is 9.99. The first kappa shape index (κ1) is 18.7. The monoisotopic (exact) mass is 414 g/mol. The number of aromatic nitrogens is 1. The van der Waals surface area contributed by atoms with Gasteiger partial charge in [0, 0.05) is 11.8 Å². The summed E-state index contributed by atoms with van der Waals surface area (Å²) in [7, 11) is -7.54. The highest BCUT2D eigenvalue weighted by Gasteiger charge is 2.34. The van der Waals surface area contributed by atoms with Crippen LogP contribution in [0.15, 0.2) is 30.5 Å². The molecule has 0 radical (unpaired) electrons. The molecule has 1 aliphatic heterocycles. The zero-order valence-corrected chi connectivity index (χ0v) is 16.2. The standard InChI is InChI=1S/C16H15ClN2O5S2/c1-9-5-6-11(12(17)13(9)19-25(2,21)22)16-15(20)14-10(4-3-7-18-14)8-26(16,23)24/h3-7,19-20H,8H2,1-2H3. The van der Waals surface area contributed by atoms with Crippen molar-refractivity contribution < 1.29 is 21.9 Å². The van der Waals surface area contributed by atoms with E-state index in [1.165, 1.54) is 18.3 Å². The number of sulfone groups is 1. The van der Waals surface area contributed by atoms with Crippen LogP contribution in [0.5, 0.6) is 0 Å². The number of sulfonamides is 1. The number of anilines is 1. The van der Waals surface area contributed by atoms with E-state index in [0.717, 1.165) is 6.26 Å². The number of nitrogens with one attached hydrogen (secondary N) is 1. The summed E-state index contributed by atoms with van der Waals surface area (Å²) in [4.78, 5) is 3.67. The summed E-state index contributed by atoms with van der Waals surface area (Å²) in [5, 5.41) is 10.5. The largest absolute Gasteiger partial charge is 0.504 e. The number of hydrogen-bond acceptors (Lipinski definition) is 6. The van der Waals surface area contributed by atoms with Gasteiger partial charge in [0.25, 0.3) is 0 Å². The molecule has 2 aromatic rings. The summed E-state index contributed by atoms with van der Waals surface area (Å²) in [6.07, 6.45) is 2.40. The molecule has 1 aliphatic rings. The van der Waals surface area contributed by atoms with E-state index in [9.17, 15) is 21.9 Å². The maximum absolute atomic E-state index is 12.7. The van der Waals surface area contributed by atoms with Crippen molar-refractivity contribution in [3.63, 3.8) is 0 Å². The van der Waals surface area contributed by atoms with Crippen molar-refractivity contribution >= 4 is 47.8 Å². The Hall–Kier alpha value is -2.10. The van der Waals surface area contributed by atoms with Crippen molar-refractivity contribution in [1.82, 2.24) is 4.98 Å². The van der Waals surface area contributed by atoms with E-state index in [-0.39, 0.29) is 32.6 Å². The summed E-state index contributed by atoms with van der Waals surface area (Å²) in [6, 6.07) is 6.11. The molecule has 0 fully saturated rings. The number of nitrogens with zero attached hydrogens (tertiary/aromatic N) is 1. The molecule has 0 aliphatic carbocycles. The summed E-state index contributed by atoms with van der Waals surface area (Å²) >= 11 is 6.32. The van der Waals surface area contributed by atoms with Crippen LogP contribution in [-0.2, 0) is 25.6 Å². The SMILES string of the molecule is Cc1ccc(C2=C(O)c3ncccc3CS2(=O)=O)c(Cl)c1NS(C)(=O)=O. The highest BCUT2D eigenvalue weighted by atomic mass is 35.5. The van der Waals surface area contributed by atoms with Gasteiger partial charge in [-0.3, -0.25) is 9.71 Å². The Morgan fingerprint density at radius 1 is 1.27 bits per heavy atom. The smallest absolute Gasteiger partial charge is 0.229 e. The lowest BCUT2D eigenvalue weighted by Gasteiger charge is -2.21. The first-order valence-electron chi connectivity index (χ1n) is 7.39. The zero-order chi connectivity index (χ0) is 19.3. The number of hydrogen-bond donors (Lipinski definition) is 2. The highest BCUT2D eigenvalue weighted by molar-refractivity contribution is 8.00. The normalized spacial score (nSPS) is 16.3. The van der Waals surface area contributed by atoms with Crippen molar-refractivity contribution in [2.75, 3.05) is 11.0 Å². The quantitative estimate of drug-likeness (QED) is 0.798. The molecule has 0 atom stereocenters. The van der Waals surface area contributed by atoms with Crippen LogP contribution in [0, 0.1) is 6.92 Å². The second-order valence-electron chi connectivity index (χ2n) is 5.94. The molecule has 0 bridgehead atoms. The van der Waals surface area contributed by atoms with Crippen molar-refractivity contribution in [3.8, 4) is 0 Å². The van der Waals surface area contributed by atoms with E-state index in [1.807, 2.05) is 0 Å². The lowest BCUT2D eigenvalue weighted by atomic mass is 10.1. The fourth-order valence-electron chi connectivity index (χ4n) is 2.75. The van der Waals surface area contributed by atoms with Crippen molar-refractivity contribution in [2.24, 2.45) is 0 Å². The maximum atomic E-state index is 12.7. The molecule has 0 amide bonds. The Balaban J connectivity index is 2.31. The van der Waals surface area contributed by atoms with Crippen LogP contribution in [0.25, 0.3) is 10.7 Å². The second kappa shape index (κ2) is 6.26. The third kappa shape index (κ3) is 3.29. The van der Waals surface area contributed by atoms with Crippen molar-refractivity contribution in [1.29, 1.82) is 0 Å². The topological polar surface area (TPSA) is 113 Å². The highest BCUT2D eigenvalue weighted by Crippen LogP contribution is 2.42. The maximum Gasteiger partial charge on any atom is 0.229 e. The predicted octanol–water partition coefficient (Wildman–Crippen LogP) is 2.73. The van der Waals surface area contributed by atoms with Gasteiger partial charge in [0.05, 0.1) is 22.7 Å². The van der Waals surface area contributed by atoms with Gasteiger partial charge in [0.1, 0.15) is 10.6 Å². The number of aliphatic hydroxyl groups excluding tert-OH is 1. The van der Waals surface area contributed by atoms with Gasteiger partial charge in [0.15, 0.2) is 15.6 Å². The van der Waals surface area contributed by atoms with Gasteiger partial charge in [0.2, 0.25) is 10.0 Å². The number of pyridine rings is 1. The van der Waals surface area contributed by atoms with Gasteiger partial charge in [-0.25, -0.2) is 16.8 Å². The predicted molar refractivity (Wildman–Crippen MR) is 101 cm³/mol. The van der Waals surface area contributed by atoms with E-state index in [4.69, 9.17) is 11.6 Å². The Morgan fingerprint density at radius 2 is 1.96 bits per heavy atom. The van der Waals surface area contributed by atoms with E-state index in [0.29, 0.717) is 11.1 Å². The number of aryl methyl sites for hydroxylation is 1. The lowest BCUT2D eigenvalue weighted by Crippen LogP contribution is -2.18. The van der Waals surface area contributed by atoms with Crippen molar-refractivity contribution in [2.45, 2.75) is 12.7 Å². The average Bonchev–Trinajstić information content (AvgIpc) is 2.52. The average molecular weight is 415 g/mol. The Labute approximate surface area is 156 Å². The van der Waals surface area contributed by atoms with Gasteiger partial charge in [-0.2, -0.15) is 0 Å². The summed E-state index contributed by atoms with van der Waals surface area (Å²) < 4.78 is 51.0.